The number of rotatable bonds is 7. The Morgan fingerprint density at radius 1 is 1.35 bits per heavy atom. The number of hydrogen-bond acceptors (Lipinski definition) is 2. The minimum Gasteiger partial charge on any atom is -0.394 e. The molecule has 3 nitrogen and oxygen atoms in total. The van der Waals surface area contributed by atoms with Gasteiger partial charge in [-0.05, 0) is 17.8 Å². The van der Waals surface area contributed by atoms with Crippen molar-refractivity contribution in [3.63, 3.8) is 0 Å². The summed E-state index contributed by atoms with van der Waals surface area (Å²) in [4.78, 5) is 11.8. The maximum Gasteiger partial charge on any atom is 0.220 e. The van der Waals surface area contributed by atoms with Gasteiger partial charge in [-0.2, -0.15) is 0 Å². The summed E-state index contributed by atoms with van der Waals surface area (Å²) in [6, 6.07) is -0.115. The number of carbonyl (C=O) groups is 1. The third-order valence-electron chi connectivity index (χ3n) is 2.76. The Balaban J connectivity index is 4.06. The van der Waals surface area contributed by atoms with Crippen molar-refractivity contribution in [2.45, 2.75) is 66.3 Å². The number of aliphatic hydroxyl groups is 1. The van der Waals surface area contributed by atoms with Crippen molar-refractivity contribution < 1.29 is 9.90 Å². The van der Waals surface area contributed by atoms with Gasteiger partial charge in [0.1, 0.15) is 0 Å². The lowest BCUT2D eigenvalue weighted by molar-refractivity contribution is -0.123. The van der Waals surface area contributed by atoms with E-state index in [0.717, 1.165) is 19.3 Å². The molecule has 17 heavy (non-hydrogen) atoms. The van der Waals surface area contributed by atoms with Crippen molar-refractivity contribution in [3.8, 4) is 0 Å². The van der Waals surface area contributed by atoms with Gasteiger partial charge in [0.25, 0.3) is 0 Å². The van der Waals surface area contributed by atoms with Crippen LogP contribution in [0.15, 0.2) is 0 Å². The van der Waals surface area contributed by atoms with Crippen LogP contribution in [0.5, 0.6) is 0 Å². The molecule has 0 saturated carbocycles. The third-order valence-corrected chi connectivity index (χ3v) is 2.76. The molecule has 0 aromatic rings. The Hall–Kier alpha value is -0.570. The van der Waals surface area contributed by atoms with Gasteiger partial charge in [-0.15, -0.1) is 0 Å². The van der Waals surface area contributed by atoms with Gasteiger partial charge in [-0.3, -0.25) is 4.79 Å². The van der Waals surface area contributed by atoms with E-state index >= 15 is 0 Å². The second-order valence-electron chi connectivity index (χ2n) is 6.31. The van der Waals surface area contributed by atoms with Crippen LogP contribution in [0, 0.1) is 11.3 Å². The molecule has 2 N–H and O–H groups in total. The average Bonchev–Trinajstić information content (AvgIpc) is 2.14. The molecule has 2 atom stereocenters. The van der Waals surface area contributed by atoms with Crippen molar-refractivity contribution in [2.24, 2.45) is 11.3 Å². The molecule has 0 spiro atoms. The fraction of sp³-hybridized carbons (Fsp3) is 0.929. The van der Waals surface area contributed by atoms with Crippen LogP contribution in [-0.2, 0) is 4.79 Å². The summed E-state index contributed by atoms with van der Waals surface area (Å²) in [7, 11) is 0. The van der Waals surface area contributed by atoms with E-state index in [-0.39, 0.29) is 24.0 Å². The van der Waals surface area contributed by atoms with Gasteiger partial charge in [0.15, 0.2) is 0 Å². The largest absolute Gasteiger partial charge is 0.394 e. The van der Waals surface area contributed by atoms with Gasteiger partial charge < -0.3 is 10.4 Å². The molecule has 0 bridgehead atoms. The fourth-order valence-corrected chi connectivity index (χ4v) is 2.10. The van der Waals surface area contributed by atoms with E-state index in [2.05, 4.69) is 39.9 Å². The maximum absolute atomic E-state index is 11.8. The van der Waals surface area contributed by atoms with Crippen LogP contribution in [0.25, 0.3) is 0 Å². The van der Waals surface area contributed by atoms with Crippen LogP contribution in [0.4, 0.5) is 0 Å². The highest BCUT2D eigenvalue weighted by atomic mass is 16.3. The molecule has 102 valence electrons. The predicted octanol–water partition coefficient (Wildman–Crippen LogP) is 2.73. The summed E-state index contributed by atoms with van der Waals surface area (Å²) in [6.45, 7) is 10.6. The maximum atomic E-state index is 11.8. The topological polar surface area (TPSA) is 49.3 Å². The number of amides is 1. The van der Waals surface area contributed by atoms with Crippen LogP contribution in [0.3, 0.4) is 0 Å². The molecule has 0 fully saturated rings. The summed E-state index contributed by atoms with van der Waals surface area (Å²) in [6.07, 6.45) is 3.56. The van der Waals surface area contributed by atoms with Crippen LogP contribution < -0.4 is 5.32 Å². The first kappa shape index (κ1) is 16.4. The first-order valence-electron chi connectivity index (χ1n) is 6.68. The Bertz CT molecular complexity index is 221. The number of hydrogen-bond donors (Lipinski definition) is 2. The Kier molecular flexibility index (Phi) is 7.44. The van der Waals surface area contributed by atoms with E-state index in [1.807, 2.05) is 0 Å². The van der Waals surface area contributed by atoms with E-state index in [9.17, 15) is 9.90 Å². The molecule has 0 heterocycles. The van der Waals surface area contributed by atoms with Gasteiger partial charge in [0.05, 0.1) is 12.6 Å². The number of carbonyl (C=O) groups excluding carboxylic acids is 1. The normalized spacial score (nSPS) is 15.4. The van der Waals surface area contributed by atoms with Crippen molar-refractivity contribution in [2.75, 3.05) is 6.61 Å². The summed E-state index contributed by atoms with van der Waals surface area (Å²) in [5.41, 5.74) is 0.121. The quantitative estimate of drug-likeness (QED) is 0.722. The standard InChI is InChI=1S/C14H29NO2/c1-6-7-11(2)8-13(17)15-12(10-16)9-14(3,4)5/h11-12,16H,6-10H2,1-5H3,(H,15,17). The SMILES string of the molecule is CCCC(C)CC(=O)NC(CO)CC(C)(C)C. The first-order chi connectivity index (χ1) is 7.78. The molecule has 0 aliphatic heterocycles. The fourth-order valence-electron chi connectivity index (χ4n) is 2.10. The lowest BCUT2D eigenvalue weighted by atomic mass is 9.88. The molecule has 1 amide bonds. The molecule has 0 aromatic heterocycles. The summed E-state index contributed by atoms with van der Waals surface area (Å²) in [5.74, 6) is 0.489. The molecular weight excluding hydrogens is 214 g/mol. The van der Waals surface area contributed by atoms with Crippen molar-refractivity contribution >= 4 is 5.91 Å². The molecule has 2 unspecified atom stereocenters. The minimum absolute atomic E-state index is 0.0190. The second kappa shape index (κ2) is 7.70. The van der Waals surface area contributed by atoms with Gasteiger partial charge in [0, 0.05) is 6.42 Å². The van der Waals surface area contributed by atoms with E-state index in [4.69, 9.17) is 0 Å². The molecule has 0 saturated heterocycles. The van der Waals surface area contributed by atoms with Gasteiger partial charge >= 0.3 is 0 Å². The summed E-state index contributed by atoms with van der Waals surface area (Å²) in [5, 5.41) is 12.2. The summed E-state index contributed by atoms with van der Waals surface area (Å²) >= 11 is 0. The van der Waals surface area contributed by atoms with Gasteiger partial charge in [-0.1, -0.05) is 47.5 Å². The molecular formula is C14H29NO2. The lowest BCUT2D eigenvalue weighted by Gasteiger charge is -2.25. The second-order valence-corrected chi connectivity index (χ2v) is 6.31. The first-order valence-corrected chi connectivity index (χ1v) is 6.68. The third kappa shape index (κ3) is 9.16. The highest BCUT2D eigenvalue weighted by Crippen LogP contribution is 2.20. The van der Waals surface area contributed by atoms with Crippen molar-refractivity contribution in [3.05, 3.63) is 0 Å². The van der Waals surface area contributed by atoms with Crippen LogP contribution in [0.1, 0.15) is 60.3 Å². The van der Waals surface area contributed by atoms with E-state index < -0.39 is 0 Å². The zero-order valence-electron chi connectivity index (χ0n) is 12.0. The summed E-state index contributed by atoms with van der Waals surface area (Å²) < 4.78 is 0. The van der Waals surface area contributed by atoms with Crippen molar-refractivity contribution in [1.82, 2.24) is 5.32 Å². The highest BCUT2D eigenvalue weighted by molar-refractivity contribution is 5.76. The monoisotopic (exact) mass is 243 g/mol. The highest BCUT2D eigenvalue weighted by Gasteiger charge is 2.20. The zero-order chi connectivity index (χ0) is 13.5. The van der Waals surface area contributed by atoms with Crippen LogP contribution in [-0.4, -0.2) is 23.7 Å². The molecule has 0 radical (unpaired) electrons. The Morgan fingerprint density at radius 2 is 1.94 bits per heavy atom. The molecule has 3 heteroatoms. The van der Waals surface area contributed by atoms with E-state index in [1.165, 1.54) is 0 Å². The van der Waals surface area contributed by atoms with Crippen LogP contribution >= 0.6 is 0 Å². The van der Waals surface area contributed by atoms with Crippen LogP contribution in [0.2, 0.25) is 0 Å². The van der Waals surface area contributed by atoms with Gasteiger partial charge in [-0.25, -0.2) is 0 Å². The molecule has 0 aliphatic rings. The van der Waals surface area contributed by atoms with E-state index in [0.29, 0.717) is 12.3 Å². The molecule has 0 aliphatic carbocycles. The van der Waals surface area contributed by atoms with Gasteiger partial charge in [0.2, 0.25) is 5.91 Å². The zero-order valence-corrected chi connectivity index (χ0v) is 12.0. The Morgan fingerprint density at radius 3 is 2.35 bits per heavy atom. The average molecular weight is 243 g/mol. The number of aliphatic hydroxyl groups excluding tert-OH is 1. The van der Waals surface area contributed by atoms with E-state index in [1.54, 1.807) is 0 Å². The Labute approximate surface area is 106 Å². The predicted molar refractivity (Wildman–Crippen MR) is 71.8 cm³/mol. The molecule has 0 aromatic carbocycles. The van der Waals surface area contributed by atoms with Crippen molar-refractivity contribution in [1.29, 1.82) is 0 Å². The number of nitrogens with one attached hydrogen (secondary N) is 1. The molecule has 0 rings (SSSR count). The minimum atomic E-state index is -0.115. The lowest BCUT2D eigenvalue weighted by Crippen LogP contribution is -2.40. The smallest absolute Gasteiger partial charge is 0.220 e.